The van der Waals surface area contributed by atoms with Crippen LogP contribution in [0, 0.1) is 11.6 Å². The quantitative estimate of drug-likeness (QED) is 0.796. The summed E-state index contributed by atoms with van der Waals surface area (Å²) in [5, 5.41) is 0. The molecule has 1 fully saturated rings. The van der Waals surface area contributed by atoms with Crippen LogP contribution in [-0.2, 0) is 4.74 Å². The van der Waals surface area contributed by atoms with Crippen LogP contribution in [0.15, 0.2) is 16.6 Å². The summed E-state index contributed by atoms with van der Waals surface area (Å²) in [4.78, 5) is 13.6. The first kappa shape index (κ1) is 13.4. The first-order chi connectivity index (χ1) is 8.50. The Morgan fingerprint density at radius 2 is 2.06 bits per heavy atom. The number of carbonyl (C=O) groups excluding carboxylic acids is 1. The molecule has 1 aromatic carbocycles. The minimum atomic E-state index is -0.856. The predicted molar refractivity (Wildman–Crippen MR) is 65.4 cm³/mol. The number of nitrogens with zero attached hydrogens (tertiary/aromatic N) is 1. The van der Waals surface area contributed by atoms with E-state index in [2.05, 4.69) is 15.9 Å². The summed E-state index contributed by atoms with van der Waals surface area (Å²) in [7, 11) is 0. The molecule has 0 N–H and O–H groups in total. The Hall–Kier alpha value is -1.01. The number of halogens is 3. The number of morpholine rings is 1. The third-order valence-corrected chi connectivity index (χ3v) is 3.31. The van der Waals surface area contributed by atoms with Crippen LogP contribution >= 0.6 is 15.9 Å². The Balaban J connectivity index is 2.33. The maximum atomic E-state index is 13.7. The van der Waals surface area contributed by atoms with Gasteiger partial charge < -0.3 is 9.64 Å². The van der Waals surface area contributed by atoms with Gasteiger partial charge in [-0.2, -0.15) is 0 Å². The molecular weight excluding hydrogens is 308 g/mol. The van der Waals surface area contributed by atoms with Gasteiger partial charge in [0.05, 0.1) is 19.3 Å². The van der Waals surface area contributed by atoms with Gasteiger partial charge in [0.2, 0.25) is 0 Å². The Morgan fingerprint density at radius 3 is 2.61 bits per heavy atom. The summed E-state index contributed by atoms with van der Waals surface area (Å²) >= 11 is 2.98. The third kappa shape index (κ3) is 2.54. The highest BCUT2D eigenvalue weighted by atomic mass is 79.9. The van der Waals surface area contributed by atoms with Crippen molar-refractivity contribution in [1.82, 2.24) is 4.90 Å². The molecule has 1 saturated heterocycles. The molecule has 0 spiro atoms. The molecule has 0 bridgehead atoms. The van der Waals surface area contributed by atoms with Crippen molar-refractivity contribution in [3.8, 4) is 0 Å². The second kappa shape index (κ2) is 5.32. The van der Waals surface area contributed by atoms with Crippen LogP contribution in [0.1, 0.15) is 17.3 Å². The summed E-state index contributed by atoms with van der Waals surface area (Å²) in [6.45, 7) is 2.89. The lowest BCUT2D eigenvalue weighted by Gasteiger charge is -2.33. The maximum Gasteiger partial charge on any atom is 0.260 e. The normalized spacial score (nSPS) is 20.0. The second-order valence-corrected chi connectivity index (χ2v) is 5.08. The highest BCUT2D eigenvalue weighted by Crippen LogP contribution is 2.22. The van der Waals surface area contributed by atoms with Gasteiger partial charge in [-0.25, -0.2) is 8.78 Å². The Labute approximate surface area is 112 Å². The van der Waals surface area contributed by atoms with Crippen molar-refractivity contribution >= 4 is 21.8 Å². The summed E-state index contributed by atoms with van der Waals surface area (Å²) in [6, 6.07) is 1.98. The maximum absolute atomic E-state index is 13.7. The van der Waals surface area contributed by atoms with Gasteiger partial charge in [-0.1, -0.05) is 15.9 Å². The first-order valence-corrected chi connectivity index (χ1v) is 6.33. The molecule has 1 amide bonds. The molecule has 0 aliphatic carbocycles. The third-order valence-electron chi connectivity index (χ3n) is 2.85. The highest BCUT2D eigenvalue weighted by molar-refractivity contribution is 9.10. The molecule has 0 aromatic heterocycles. The van der Waals surface area contributed by atoms with Crippen molar-refractivity contribution in [3.05, 3.63) is 33.8 Å². The number of amides is 1. The topological polar surface area (TPSA) is 29.5 Å². The number of benzene rings is 1. The number of hydrogen-bond donors (Lipinski definition) is 0. The van der Waals surface area contributed by atoms with E-state index in [0.717, 1.165) is 12.1 Å². The van der Waals surface area contributed by atoms with Crippen LogP contribution in [0.25, 0.3) is 0 Å². The lowest BCUT2D eigenvalue weighted by molar-refractivity contribution is 0.00308. The molecule has 0 radical (unpaired) electrons. The SMILES string of the molecule is C[C@@H]1COCCN1C(=O)c1c(F)cc(Br)cc1F. The lowest BCUT2D eigenvalue weighted by Crippen LogP contribution is -2.47. The van der Waals surface area contributed by atoms with Crippen LogP contribution in [0.5, 0.6) is 0 Å². The summed E-state index contributed by atoms with van der Waals surface area (Å²) in [5.74, 6) is -2.34. The van der Waals surface area contributed by atoms with Gasteiger partial charge in [0.25, 0.3) is 5.91 Å². The van der Waals surface area contributed by atoms with E-state index in [1.54, 1.807) is 6.92 Å². The van der Waals surface area contributed by atoms with Crippen molar-refractivity contribution < 1.29 is 18.3 Å². The van der Waals surface area contributed by atoms with E-state index in [1.165, 1.54) is 4.90 Å². The van der Waals surface area contributed by atoms with Crippen LogP contribution < -0.4 is 0 Å². The lowest BCUT2D eigenvalue weighted by atomic mass is 10.1. The van der Waals surface area contributed by atoms with Crippen LogP contribution in [-0.4, -0.2) is 36.6 Å². The van der Waals surface area contributed by atoms with Crippen molar-refractivity contribution in [2.45, 2.75) is 13.0 Å². The fourth-order valence-corrected chi connectivity index (χ4v) is 2.32. The number of carbonyl (C=O) groups is 1. The van der Waals surface area contributed by atoms with Crippen molar-refractivity contribution in [2.75, 3.05) is 19.8 Å². The van der Waals surface area contributed by atoms with Gasteiger partial charge in [-0.3, -0.25) is 4.79 Å². The molecule has 6 heteroatoms. The molecule has 1 atom stereocenters. The molecule has 1 aromatic rings. The minimum absolute atomic E-state index is 0.186. The fraction of sp³-hybridized carbons (Fsp3) is 0.417. The second-order valence-electron chi connectivity index (χ2n) is 4.17. The average molecular weight is 320 g/mol. The Bertz CT molecular complexity index is 458. The van der Waals surface area contributed by atoms with Gasteiger partial charge in [0.1, 0.15) is 17.2 Å². The number of rotatable bonds is 1. The van der Waals surface area contributed by atoms with E-state index in [0.29, 0.717) is 19.8 Å². The number of hydrogen-bond acceptors (Lipinski definition) is 2. The molecular formula is C12H12BrF2NO2. The molecule has 3 nitrogen and oxygen atoms in total. The van der Waals surface area contributed by atoms with E-state index in [-0.39, 0.29) is 10.5 Å². The van der Waals surface area contributed by atoms with Gasteiger partial charge in [0.15, 0.2) is 0 Å². The number of ether oxygens (including phenoxy) is 1. The zero-order valence-electron chi connectivity index (χ0n) is 9.75. The standard InChI is InChI=1S/C12H12BrF2NO2/c1-7-6-18-3-2-16(7)12(17)11-9(14)4-8(13)5-10(11)15/h4-5,7H,2-3,6H2,1H3/t7-/m1/s1. The fourth-order valence-electron chi connectivity index (χ4n) is 1.92. The summed E-state index contributed by atoms with van der Waals surface area (Å²) in [6.07, 6.45) is 0. The summed E-state index contributed by atoms with van der Waals surface area (Å²) < 4.78 is 32.8. The van der Waals surface area contributed by atoms with Gasteiger partial charge in [0, 0.05) is 11.0 Å². The van der Waals surface area contributed by atoms with Crippen molar-refractivity contribution in [3.63, 3.8) is 0 Å². The van der Waals surface area contributed by atoms with E-state index >= 15 is 0 Å². The van der Waals surface area contributed by atoms with E-state index in [1.807, 2.05) is 0 Å². The van der Waals surface area contributed by atoms with Crippen LogP contribution in [0.4, 0.5) is 8.78 Å². The molecule has 18 heavy (non-hydrogen) atoms. The predicted octanol–water partition coefficient (Wildman–Crippen LogP) is 2.59. The Morgan fingerprint density at radius 1 is 1.44 bits per heavy atom. The van der Waals surface area contributed by atoms with Gasteiger partial charge >= 0.3 is 0 Å². The first-order valence-electron chi connectivity index (χ1n) is 5.54. The van der Waals surface area contributed by atoms with E-state index in [9.17, 15) is 13.6 Å². The summed E-state index contributed by atoms with van der Waals surface area (Å²) in [5.41, 5.74) is -0.507. The van der Waals surface area contributed by atoms with Crippen LogP contribution in [0.2, 0.25) is 0 Å². The van der Waals surface area contributed by atoms with Crippen LogP contribution in [0.3, 0.4) is 0 Å². The minimum Gasteiger partial charge on any atom is -0.377 e. The molecule has 2 rings (SSSR count). The van der Waals surface area contributed by atoms with Gasteiger partial charge in [-0.15, -0.1) is 0 Å². The molecule has 0 unspecified atom stereocenters. The zero-order valence-corrected chi connectivity index (χ0v) is 11.3. The van der Waals surface area contributed by atoms with E-state index < -0.39 is 23.1 Å². The van der Waals surface area contributed by atoms with Crippen molar-refractivity contribution in [1.29, 1.82) is 0 Å². The van der Waals surface area contributed by atoms with Gasteiger partial charge in [-0.05, 0) is 19.1 Å². The molecule has 1 aliphatic rings. The van der Waals surface area contributed by atoms with Crippen molar-refractivity contribution in [2.24, 2.45) is 0 Å². The smallest absolute Gasteiger partial charge is 0.260 e. The molecule has 98 valence electrons. The molecule has 1 aliphatic heterocycles. The highest BCUT2D eigenvalue weighted by Gasteiger charge is 2.29. The molecule has 1 heterocycles. The Kier molecular flexibility index (Phi) is 3.97. The largest absolute Gasteiger partial charge is 0.377 e. The average Bonchev–Trinajstić information content (AvgIpc) is 2.27. The van der Waals surface area contributed by atoms with E-state index in [4.69, 9.17) is 4.74 Å². The molecule has 0 saturated carbocycles. The monoisotopic (exact) mass is 319 g/mol. The zero-order chi connectivity index (χ0) is 13.3.